The lowest BCUT2D eigenvalue weighted by Gasteiger charge is -2.18. The van der Waals surface area contributed by atoms with Gasteiger partial charge in [-0.3, -0.25) is 19.7 Å². The maximum atomic E-state index is 13.6. The fraction of sp³-hybridized carbons (Fsp3) is 0.167. The lowest BCUT2D eigenvalue weighted by atomic mass is 10.1. The standard InChI is InChI=1S/C30H25FN2O5S/c1-18(28-29(35)32-30(36)39-28)20-7-5-8-22(17-20)37-15-6-16-38-27-25(19-11-13-21(31)14-12-19)33(2)24-10-4-3-9-23(24)26(27)34/h3-5,7-14,17H,6,15-16H2,1-2H3,(H,32,35,36). The summed E-state index contributed by atoms with van der Waals surface area (Å²) in [5.74, 6) is 0.0499. The number of para-hydroxylation sites is 1. The van der Waals surface area contributed by atoms with Crippen LogP contribution in [0, 0.1) is 5.82 Å². The number of benzene rings is 3. The molecule has 0 aliphatic carbocycles. The van der Waals surface area contributed by atoms with Gasteiger partial charge in [-0.05, 0) is 78.4 Å². The Kier molecular flexibility index (Phi) is 7.51. The number of aromatic nitrogens is 1. The summed E-state index contributed by atoms with van der Waals surface area (Å²) in [6.07, 6.45) is 0.496. The number of ether oxygens (including phenoxy) is 2. The second kappa shape index (κ2) is 11.2. The van der Waals surface area contributed by atoms with Crippen LogP contribution in [0.15, 0.2) is 82.5 Å². The van der Waals surface area contributed by atoms with Crippen LogP contribution in [0.4, 0.5) is 9.18 Å². The topological polar surface area (TPSA) is 86.6 Å². The minimum absolute atomic E-state index is 0.203. The second-order valence-electron chi connectivity index (χ2n) is 8.97. The number of hydrogen-bond acceptors (Lipinski definition) is 6. The molecule has 198 valence electrons. The summed E-state index contributed by atoms with van der Waals surface area (Å²) in [7, 11) is 1.85. The SMILES string of the molecule is CC(=C1SC(=O)NC1=O)c1cccc(OCCCOc2c(-c3ccc(F)cc3)n(C)c3ccccc3c2=O)c1. The normalized spacial score (nSPS) is 14.4. The number of aryl methyl sites for hydroxylation is 1. The predicted molar refractivity (Wildman–Crippen MR) is 150 cm³/mol. The van der Waals surface area contributed by atoms with Gasteiger partial charge in [-0.25, -0.2) is 4.39 Å². The maximum Gasteiger partial charge on any atom is 0.290 e. The molecule has 3 aromatic carbocycles. The Morgan fingerprint density at radius 3 is 2.44 bits per heavy atom. The molecule has 0 atom stereocenters. The van der Waals surface area contributed by atoms with Crippen molar-refractivity contribution in [3.8, 4) is 22.8 Å². The van der Waals surface area contributed by atoms with Gasteiger partial charge >= 0.3 is 0 Å². The average molecular weight is 545 g/mol. The Morgan fingerprint density at radius 2 is 1.69 bits per heavy atom. The highest BCUT2D eigenvalue weighted by atomic mass is 32.2. The first kappa shape index (κ1) is 26.2. The molecule has 1 aliphatic rings. The molecule has 0 unspecified atom stereocenters. The van der Waals surface area contributed by atoms with Crippen molar-refractivity contribution in [1.29, 1.82) is 0 Å². The third-order valence-corrected chi connectivity index (χ3v) is 7.40. The zero-order chi connectivity index (χ0) is 27.5. The second-order valence-corrected chi connectivity index (χ2v) is 9.95. The van der Waals surface area contributed by atoms with Crippen LogP contribution in [0.5, 0.6) is 11.5 Å². The van der Waals surface area contributed by atoms with Crippen LogP contribution in [0.25, 0.3) is 27.7 Å². The van der Waals surface area contributed by atoms with Gasteiger partial charge in [-0.1, -0.05) is 24.3 Å². The molecule has 0 saturated carbocycles. The van der Waals surface area contributed by atoms with E-state index in [0.717, 1.165) is 22.8 Å². The molecule has 39 heavy (non-hydrogen) atoms. The molecule has 1 saturated heterocycles. The van der Waals surface area contributed by atoms with E-state index < -0.39 is 5.91 Å². The summed E-state index contributed by atoms with van der Waals surface area (Å²) < 4.78 is 27.4. The molecule has 1 fully saturated rings. The molecular weight excluding hydrogens is 519 g/mol. The molecule has 1 N–H and O–H groups in total. The number of pyridine rings is 1. The van der Waals surface area contributed by atoms with Crippen LogP contribution in [0.2, 0.25) is 0 Å². The van der Waals surface area contributed by atoms with E-state index in [1.54, 1.807) is 37.3 Å². The van der Waals surface area contributed by atoms with Gasteiger partial charge in [0.15, 0.2) is 5.75 Å². The van der Waals surface area contributed by atoms with Gasteiger partial charge in [-0.2, -0.15) is 0 Å². The Hall–Kier alpha value is -4.37. The van der Waals surface area contributed by atoms with Crippen molar-refractivity contribution >= 4 is 39.4 Å². The van der Waals surface area contributed by atoms with Gasteiger partial charge in [0.2, 0.25) is 5.43 Å². The van der Waals surface area contributed by atoms with Gasteiger partial charge < -0.3 is 14.0 Å². The van der Waals surface area contributed by atoms with Gasteiger partial charge in [0.25, 0.3) is 11.1 Å². The molecule has 5 rings (SSSR count). The molecular formula is C30H25FN2O5S. The third kappa shape index (κ3) is 5.44. The average Bonchev–Trinajstić information content (AvgIpc) is 3.29. The van der Waals surface area contributed by atoms with Gasteiger partial charge in [0.05, 0.1) is 29.3 Å². The molecule has 2 amide bonds. The fourth-order valence-electron chi connectivity index (χ4n) is 4.46. The van der Waals surface area contributed by atoms with E-state index in [1.807, 2.05) is 41.9 Å². The smallest absolute Gasteiger partial charge is 0.290 e. The minimum atomic E-state index is -0.397. The highest BCUT2D eigenvalue weighted by Gasteiger charge is 2.27. The fourth-order valence-corrected chi connectivity index (χ4v) is 5.21. The van der Waals surface area contributed by atoms with Crippen molar-refractivity contribution < 1.29 is 23.5 Å². The van der Waals surface area contributed by atoms with Crippen molar-refractivity contribution in [3.63, 3.8) is 0 Å². The summed E-state index contributed by atoms with van der Waals surface area (Å²) in [6.45, 7) is 2.34. The first-order valence-corrected chi connectivity index (χ1v) is 13.1. The number of halogens is 1. The Bertz CT molecular complexity index is 1680. The number of rotatable bonds is 8. The summed E-state index contributed by atoms with van der Waals surface area (Å²) in [5.41, 5.74) is 3.23. The van der Waals surface area contributed by atoms with E-state index in [1.165, 1.54) is 12.1 Å². The molecule has 0 spiro atoms. The van der Waals surface area contributed by atoms with Crippen molar-refractivity contribution in [1.82, 2.24) is 9.88 Å². The number of nitrogens with one attached hydrogen (secondary N) is 1. The van der Waals surface area contributed by atoms with Crippen LogP contribution in [0.1, 0.15) is 18.9 Å². The Labute approximate surface area is 228 Å². The molecule has 2 heterocycles. The molecule has 4 aromatic rings. The highest BCUT2D eigenvalue weighted by molar-refractivity contribution is 8.18. The van der Waals surface area contributed by atoms with Crippen LogP contribution < -0.4 is 20.2 Å². The summed E-state index contributed by atoms with van der Waals surface area (Å²) in [4.78, 5) is 37.3. The summed E-state index contributed by atoms with van der Waals surface area (Å²) >= 11 is 0.885. The molecule has 1 aliphatic heterocycles. The Morgan fingerprint density at radius 1 is 0.949 bits per heavy atom. The molecule has 1 aromatic heterocycles. The lowest BCUT2D eigenvalue weighted by molar-refractivity contribution is -0.115. The zero-order valence-corrected chi connectivity index (χ0v) is 22.1. The van der Waals surface area contributed by atoms with Crippen molar-refractivity contribution in [2.45, 2.75) is 13.3 Å². The van der Waals surface area contributed by atoms with Crippen LogP contribution in [0.3, 0.4) is 0 Å². The van der Waals surface area contributed by atoms with Gasteiger partial charge in [-0.15, -0.1) is 0 Å². The van der Waals surface area contributed by atoms with E-state index >= 15 is 0 Å². The number of allylic oxidation sites excluding steroid dienone is 1. The number of thioether (sulfide) groups is 1. The van der Waals surface area contributed by atoms with Crippen LogP contribution in [-0.4, -0.2) is 28.9 Å². The molecule has 0 bridgehead atoms. The lowest BCUT2D eigenvalue weighted by Crippen LogP contribution is -2.18. The number of fused-ring (bicyclic) bond motifs is 1. The van der Waals surface area contributed by atoms with Crippen molar-refractivity contribution in [2.75, 3.05) is 13.2 Å². The molecule has 0 radical (unpaired) electrons. The number of carbonyl (C=O) groups excluding carboxylic acids is 2. The minimum Gasteiger partial charge on any atom is -0.493 e. The quantitative estimate of drug-likeness (QED) is 0.219. The van der Waals surface area contributed by atoms with Gasteiger partial charge in [0, 0.05) is 24.4 Å². The zero-order valence-electron chi connectivity index (χ0n) is 21.3. The van der Waals surface area contributed by atoms with Crippen molar-refractivity contribution in [2.24, 2.45) is 7.05 Å². The largest absolute Gasteiger partial charge is 0.493 e. The summed E-state index contributed by atoms with van der Waals surface area (Å²) in [5, 5.41) is 2.42. The number of hydrogen-bond donors (Lipinski definition) is 1. The van der Waals surface area contributed by atoms with E-state index in [-0.39, 0.29) is 28.8 Å². The first-order chi connectivity index (χ1) is 18.8. The highest BCUT2D eigenvalue weighted by Crippen LogP contribution is 2.33. The first-order valence-electron chi connectivity index (χ1n) is 12.3. The maximum absolute atomic E-state index is 13.6. The predicted octanol–water partition coefficient (Wildman–Crippen LogP) is 5.91. The van der Waals surface area contributed by atoms with Crippen LogP contribution >= 0.6 is 11.8 Å². The van der Waals surface area contributed by atoms with Crippen molar-refractivity contribution in [3.05, 3.63) is 99.3 Å². The van der Waals surface area contributed by atoms with Gasteiger partial charge in [0.1, 0.15) is 11.6 Å². The van der Waals surface area contributed by atoms with E-state index in [4.69, 9.17) is 9.47 Å². The number of nitrogens with zero attached hydrogens (tertiary/aromatic N) is 1. The van der Waals surface area contributed by atoms with E-state index in [2.05, 4.69) is 5.32 Å². The number of amides is 2. The molecule has 9 heteroatoms. The van der Waals surface area contributed by atoms with Crippen LogP contribution in [-0.2, 0) is 11.8 Å². The van der Waals surface area contributed by atoms with E-state index in [9.17, 15) is 18.8 Å². The van der Waals surface area contributed by atoms with E-state index in [0.29, 0.717) is 45.9 Å². The Balaban J connectivity index is 1.30. The summed E-state index contributed by atoms with van der Waals surface area (Å²) in [6, 6.07) is 20.5. The number of carbonyl (C=O) groups is 2. The monoisotopic (exact) mass is 544 g/mol. The third-order valence-electron chi connectivity index (χ3n) is 6.41. The number of imide groups is 1. The molecule has 7 nitrogen and oxygen atoms in total.